The summed E-state index contributed by atoms with van der Waals surface area (Å²) in [6.45, 7) is 5.33. The molecule has 1 amide bonds. The Bertz CT molecular complexity index is 449. The van der Waals surface area contributed by atoms with Crippen LogP contribution in [0.3, 0.4) is 0 Å². The van der Waals surface area contributed by atoms with Crippen LogP contribution in [0.15, 0.2) is 0 Å². The van der Waals surface area contributed by atoms with Crippen LogP contribution in [0.5, 0.6) is 0 Å². The van der Waals surface area contributed by atoms with E-state index in [2.05, 4.69) is 11.8 Å². The first-order valence-electron chi connectivity index (χ1n) is 9.14. The van der Waals surface area contributed by atoms with E-state index in [0.29, 0.717) is 26.2 Å². The van der Waals surface area contributed by atoms with Gasteiger partial charge in [0.2, 0.25) is 5.91 Å². The van der Waals surface area contributed by atoms with Gasteiger partial charge in [-0.1, -0.05) is 6.92 Å². The predicted molar refractivity (Wildman–Crippen MR) is 84.4 cm³/mol. The Morgan fingerprint density at radius 1 is 0.885 bits per heavy atom. The van der Waals surface area contributed by atoms with Gasteiger partial charge in [0.15, 0.2) is 0 Å². The fourth-order valence-electron chi connectivity index (χ4n) is 4.05. The summed E-state index contributed by atoms with van der Waals surface area (Å²) in [4.78, 5) is 16.2. The quantitative estimate of drug-likeness (QED) is 0.678. The first-order valence-corrected chi connectivity index (χ1v) is 9.14. The molecule has 2 atom stereocenters. The molecule has 1 aliphatic carbocycles. The lowest BCUT2D eigenvalue weighted by atomic mass is 9.73. The molecule has 1 aliphatic heterocycles. The van der Waals surface area contributed by atoms with Crippen LogP contribution in [0.25, 0.3) is 0 Å². The van der Waals surface area contributed by atoms with E-state index >= 15 is 0 Å². The summed E-state index contributed by atoms with van der Waals surface area (Å²) in [5, 5.41) is 0. The number of halogens is 6. The van der Waals surface area contributed by atoms with Crippen molar-refractivity contribution in [2.75, 3.05) is 32.7 Å². The van der Waals surface area contributed by atoms with Gasteiger partial charge in [-0.15, -0.1) is 0 Å². The highest BCUT2D eigenvalue weighted by atomic mass is 19.4. The number of amides is 1. The molecule has 0 aromatic carbocycles. The maximum absolute atomic E-state index is 13.0. The first-order chi connectivity index (χ1) is 12.0. The summed E-state index contributed by atoms with van der Waals surface area (Å²) in [7, 11) is 0. The van der Waals surface area contributed by atoms with Crippen molar-refractivity contribution in [3.8, 4) is 0 Å². The van der Waals surface area contributed by atoms with E-state index in [-0.39, 0.29) is 12.3 Å². The Morgan fingerprint density at radius 3 is 1.81 bits per heavy atom. The Labute approximate surface area is 149 Å². The number of rotatable bonds is 4. The normalized spacial score (nSPS) is 29.0. The van der Waals surface area contributed by atoms with Crippen molar-refractivity contribution in [2.45, 2.75) is 51.4 Å². The SMILES string of the molecule is CCCN1CCN(C(=O)CC2CC(C(F)(F)F)CC(C(F)(F)F)C2)CC1. The minimum absolute atomic E-state index is 0.229. The molecule has 0 aromatic rings. The van der Waals surface area contributed by atoms with Gasteiger partial charge in [-0.2, -0.15) is 26.3 Å². The summed E-state index contributed by atoms with van der Waals surface area (Å²) < 4.78 is 78.1. The lowest BCUT2D eigenvalue weighted by Crippen LogP contribution is -2.49. The molecule has 0 radical (unpaired) electrons. The lowest BCUT2D eigenvalue weighted by Gasteiger charge is -2.38. The second kappa shape index (κ2) is 8.35. The average Bonchev–Trinajstić information content (AvgIpc) is 2.54. The molecule has 152 valence electrons. The van der Waals surface area contributed by atoms with Gasteiger partial charge < -0.3 is 4.90 Å². The molecule has 0 bridgehead atoms. The molecule has 1 heterocycles. The summed E-state index contributed by atoms with van der Waals surface area (Å²) in [5.74, 6) is -5.16. The molecule has 2 unspecified atom stereocenters. The fraction of sp³-hybridized carbons (Fsp3) is 0.941. The number of piperazine rings is 1. The van der Waals surface area contributed by atoms with Gasteiger partial charge in [0, 0.05) is 32.6 Å². The van der Waals surface area contributed by atoms with Crippen LogP contribution in [0.1, 0.15) is 39.0 Å². The molecule has 9 heteroatoms. The smallest absolute Gasteiger partial charge is 0.340 e. The Balaban J connectivity index is 1.95. The average molecular weight is 388 g/mol. The van der Waals surface area contributed by atoms with E-state index in [1.54, 1.807) is 4.90 Å². The van der Waals surface area contributed by atoms with Crippen molar-refractivity contribution in [1.29, 1.82) is 0 Å². The van der Waals surface area contributed by atoms with Gasteiger partial charge >= 0.3 is 12.4 Å². The van der Waals surface area contributed by atoms with Gasteiger partial charge in [-0.3, -0.25) is 9.69 Å². The molecule has 1 saturated carbocycles. The standard InChI is InChI=1S/C17H26F6N2O/c1-2-3-24-4-6-25(7-5-24)15(26)10-12-8-13(16(18,19)20)11-14(9-12)17(21,22)23/h12-14H,2-11H2,1H3. The molecule has 0 aromatic heterocycles. The first kappa shape index (κ1) is 21.3. The highest BCUT2D eigenvalue weighted by Gasteiger charge is 2.52. The summed E-state index contributed by atoms with van der Waals surface area (Å²) in [6, 6.07) is 0. The van der Waals surface area contributed by atoms with Crippen molar-refractivity contribution in [3.63, 3.8) is 0 Å². The Morgan fingerprint density at radius 2 is 1.38 bits per heavy atom. The molecule has 2 aliphatic rings. The number of alkyl halides is 6. The van der Waals surface area contributed by atoms with E-state index in [1.165, 1.54) is 0 Å². The zero-order chi connectivity index (χ0) is 19.5. The maximum atomic E-state index is 13.0. The summed E-state index contributed by atoms with van der Waals surface area (Å²) >= 11 is 0. The van der Waals surface area contributed by atoms with Crippen LogP contribution in [0, 0.1) is 17.8 Å². The van der Waals surface area contributed by atoms with Crippen molar-refractivity contribution in [2.24, 2.45) is 17.8 Å². The molecule has 26 heavy (non-hydrogen) atoms. The second-order valence-electron chi connectivity index (χ2n) is 7.48. The number of hydrogen-bond donors (Lipinski definition) is 0. The minimum Gasteiger partial charge on any atom is -0.340 e. The van der Waals surface area contributed by atoms with Gasteiger partial charge in [-0.05, 0) is 38.1 Å². The second-order valence-corrected chi connectivity index (χ2v) is 7.48. The predicted octanol–water partition coefficient (Wildman–Crippen LogP) is 4.09. The van der Waals surface area contributed by atoms with Crippen molar-refractivity contribution < 1.29 is 31.1 Å². The Hall–Kier alpha value is -0.990. The van der Waals surface area contributed by atoms with E-state index < -0.39 is 49.4 Å². The third kappa shape index (κ3) is 5.76. The maximum Gasteiger partial charge on any atom is 0.391 e. The van der Waals surface area contributed by atoms with Gasteiger partial charge in [-0.25, -0.2) is 0 Å². The largest absolute Gasteiger partial charge is 0.391 e. The molecule has 0 N–H and O–H groups in total. The zero-order valence-electron chi connectivity index (χ0n) is 14.9. The van der Waals surface area contributed by atoms with Crippen LogP contribution in [-0.2, 0) is 4.79 Å². The Kier molecular flexibility index (Phi) is 6.85. The van der Waals surface area contributed by atoms with Crippen molar-refractivity contribution in [3.05, 3.63) is 0 Å². The van der Waals surface area contributed by atoms with Crippen LogP contribution in [0.4, 0.5) is 26.3 Å². The number of carbonyl (C=O) groups is 1. The molecular weight excluding hydrogens is 362 g/mol. The molecule has 2 fully saturated rings. The topological polar surface area (TPSA) is 23.6 Å². The van der Waals surface area contributed by atoms with Crippen LogP contribution in [0.2, 0.25) is 0 Å². The highest BCUT2D eigenvalue weighted by Crippen LogP contribution is 2.48. The minimum atomic E-state index is -4.66. The molecular formula is C17H26F6N2O. The van der Waals surface area contributed by atoms with Crippen LogP contribution < -0.4 is 0 Å². The third-order valence-electron chi connectivity index (χ3n) is 5.46. The van der Waals surface area contributed by atoms with Crippen molar-refractivity contribution in [1.82, 2.24) is 9.80 Å². The summed E-state index contributed by atoms with van der Waals surface area (Å²) in [5.41, 5.74) is 0. The van der Waals surface area contributed by atoms with E-state index in [4.69, 9.17) is 0 Å². The van der Waals surface area contributed by atoms with E-state index in [9.17, 15) is 31.1 Å². The lowest BCUT2D eigenvalue weighted by molar-refractivity contribution is -0.229. The third-order valence-corrected chi connectivity index (χ3v) is 5.46. The van der Waals surface area contributed by atoms with Gasteiger partial charge in [0.05, 0.1) is 11.8 Å². The van der Waals surface area contributed by atoms with E-state index in [0.717, 1.165) is 13.0 Å². The summed E-state index contributed by atoms with van der Waals surface area (Å²) in [6.07, 6.45) is -10.3. The van der Waals surface area contributed by atoms with Crippen LogP contribution in [-0.4, -0.2) is 60.8 Å². The molecule has 0 spiro atoms. The number of carbonyl (C=O) groups excluding carboxylic acids is 1. The van der Waals surface area contributed by atoms with E-state index in [1.807, 2.05) is 0 Å². The number of nitrogens with zero attached hydrogens (tertiary/aromatic N) is 2. The molecule has 2 rings (SSSR count). The zero-order valence-corrected chi connectivity index (χ0v) is 14.9. The monoisotopic (exact) mass is 388 g/mol. The fourth-order valence-corrected chi connectivity index (χ4v) is 4.05. The van der Waals surface area contributed by atoms with Gasteiger partial charge in [0.25, 0.3) is 0 Å². The van der Waals surface area contributed by atoms with Crippen LogP contribution >= 0.6 is 0 Å². The molecule has 1 saturated heterocycles. The highest BCUT2D eigenvalue weighted by molar-refractivity contribution is 5.76. The number of hydrogen-bond acceptors (Lipinski definition) is 2. The van der Waals surface area contributed by atoms with Gasteiger partial charge in [0.1, 0.15) is 0 Å². The van der Waals surface area contributed by atoms with Crippen molar-refractivity contribution >= 4 is 5.91 Å². The molecule has 3 nitrogen and oxygen atoms in total.